The summed E-state index contributed by atoms with van der Waals surface area (Å²) in [6, 6.07) is 0. The summed E-state index contributed by atoms with van der Waals surface area (Å²) in [6.07, 6.45) is -4.20. The van der Waals surface area contributed by atoms with Gasteiger partial charge in [-0.2, -0.15) is 13.2 Å². The van der Waals surface area contributed by atoms with E-state index in [0.717, 1.165) is 12.0 Å². The third-order valence-corrected chi connectivity index (χ3v) is 5.22. The number of rotatable bonds is 8. The van der Waals surface area contributed by atoms with Crippen LogP contribution >= 0.6 is 12.0 Å². The van der Waals surface area contributed by atoms with Crippen LogP contribution in [0.15, 0.2) is 12.5 Å². The van der Waals surface area contributed by atoms with E-state index in [0.29, 0.717) is 16.6 Å². The smallest absolute Gasteiger partial charge is 0.387 e. The Morgan fingerprint density at radius 3 is 2.81 bits per heavy atom. The molecule has 1 saturated heterocycles. The predicted molar refractivity (Wildman–Crippen MR) is 105 cm³/mol. The highest BCUT2D eigenvalue weighted by atomic mass is 32.2. The van der Waals surface area contributed by atoms with Gasteiger partial charge in [0.1, 0.15) is 36.1 Å². The van der Waals surface area contributed by atoms with Crippen LogP contribution in [0.3, 0.4) is 0 Å². The number of hydrogen-bond acceptors (Lipinski definition) is 9. The van der Waals surface area contributed by atoms with Crippen molar-refractivity contribution in [2.24, 2.45) is 0 Å². The van der Waals surface area contributed by atoms with Gasteiger partial charge < -0.3 is 34.8 Å². The number of aliphatic hydroxyl groups is 2. The predicted octanol–water partition coefficient (Wildman–Crippen LogP) is 0.538. The van der Waals surface area contributed by atoms with E-state index >= 15 is 0 Å². The molecule has 0 spiro atoms. The Hall–Kier alpha value is -2.13. The number of fused-ring (bicyclic) bond motifs is 1. The number of aromatic nitrogens is 3. The number of aryl methyl sites for hydroxylation is 1. The first-order chi connectivity index (χ1) is 14.6. The van der Waals surface area contributed by atoms with E-state index in [1.165, 1.54) is 10.9 Å². The summed E-state index contributed by atoms with van der Waals surface area (Å²) in [5.41, 5.74) is 6.91. The average Bonchev–Trinajstić information content (AvgIpc) is 3.22. The molecule has 1 aliphatic heterocycles. The van der Waals surface area contributed by atoms with E-state index in [9.17, 15) is 28.2 Å². The van der Waals surface area contributed by atoms with Crippen LogP contribution in [0.25, 0.3) is 11.0 Å². The Balaban J connectivity index is 1.79. The highest BCUT2D eigenvalue weighted by Gasteiger charge is 2.44. The lowest BCUT2D eigenvalue weighted by Crippen LogP contribution is -2.37. The highest BCUT2D eigenvalue weighted by Crippen LogP contribution is 2.35. The Labute approximate surface area is 179 Å². The quantitative estimate of drug-likeness (QED) is 0.324. The third kappa shape index (κ3) is 5.03. The maximum absolute atomic E-state index is 12.3. The second-order valence-electron chi connectivity index (χ2n) is 6.87. The van der Waals surface area contributed by atoms with Gasteiger partial charge in [-0.1, -0.05) is 0 Å². The normalized spacial score (nSPS) is 24.1. The second kappa shape index (κ2) is 9.56. The molecule has 0 aromatic carbocycles. The fourth-order valence-corrected chi connectivity index (χ4v) is 3.65. The molecule has 3 rings (SSSR count). The molecule has 2 aromatic heterocycles. The summed E-state index contributed by atoms with van der Waals surface area (Å²) >= 11 is 1.10. The molecule has 4 atom stereocenters. The summed E-state index contributed by atoms with van der Waals surface area (Å²) < 4.78 is 49.4. The molecule has 0 bridgehead atoms. The van der Waals surface area contributed by atoms with Crippen molar-refractivity contribution >= 4 is 34.8 Å². The summed E-state index contributed by atoms with van der Waals surface area (Å²) in [6.45, 7) is -0.147. The van der Waals surface area contributed by atoms with E-state index in [1.54, 1.807) is 12.5 Å². The van der Waals surface area contributed by atoms with Gasteiger partial charge in [0.2, 0.25) is 0 Å². The molecule has 10 nitrogen and oxygen atoms in total. The van der Waals surface area contributed by atoms with Gasteiger partial charge in [-0.25, -0.2) is 9.97 Å². The number of nitrogen functional groups attached to an aromatic ring is 1. The molecular weight excluding hydrogens is 443 g/mol. The molecule has 1 fully saturated rings. The van der Waals surface area contributed by atoms with Crippen LogP contribution in [0.4, 0.5) is 19.0 Å². The first-order valence-corrected chi connectivity index (χ1v) is 10.4. The molecule has 2 aromatic rings. The fraction of sp³-hybridized carbons (Fsp3) is 0.588. The number of halogens is 3. The standard InChI is InChI=1S/C17H22F3N5O5S/c1-31-29-6-9-11(26)12(27)15(30-9)25-5-8(10-13(21)23-7-24-14(10)25)3-2-4-22-16(28)17(18,19)20/h5,7,9,11-12,15,26-27H,2-4,6H2,1H3,(H,22,28)(H2,21,23,24)/t9-,11?,12?,15-/m1/s1. The largest absolute Gasteiger partial charge is 0.471 e. The van der Waals surface area contributed by atoms with E-state index in [1.807, 2.05) is 5.32 Å². The third-order valence-electron chi connectivity index (χ3n) is 4.84. The topological polar surface area (TPSA) is 145 Å². The number of nitrogens with one attached hydrogen (secondary N) is 1. The summed E-state index contributed by atoms with van der Waals surface area (Å²) in [5, 5.41) is 23.0. The van der Waals surface area contributed by atoms with Crippen LogP contribution in [0.5, 0.6) is 0 Å². The number of nitrogens with two attached hydrogens (primary N) is 1. The van der Waals surface area contributed by atoms with Crippen molar-refractivity contribution in [1.82, 2.24) is 19.9 Å². The minimum absolute atomic E-state index is 0.0535. The van der Waals surface area contributed by atoms with Crippen LogP contribution in [0.2, 0.25) is 0 Å². The Morgan fingerprint density at radius 2 is 2.13 bits per heavy atom. The van der Waals surface area contributed by atoms with Crippen LogP contribution < -0.4 is 11.1 Å². The maximum Gasteiger partial charge on any atom is 0.471 e. The van der Waals surface area contributed by atoms with Crippen molar-refractivity contribution in [2.75, 3.05) is 25.1 Å². The molecule has 0 saturated carbocycles. The second-order valence-corrected chi connectivity index (χ2v) is 7.44. The molecule has 0 aliphatic carbocycles. The van der Waals surface area contributed by atoms with E-state index in [-0.39, 0.29) is 31.8 Å². The minimum atomic E-state index is -4.94. The van der Waals surface area contributed by atoms with Gasteiger partial charge in [-0.3, -0.25) is 4.79 Å². The molecular formula is C17H22F3N5O5S. The van der Waals surface area contributed by atoms with Gasteiger partial charge in [-0.05, 0) is 30.4 Å². The molecule has 5 N–H and O–H groups in total. The van der Waals surface area contributed by atoms with Crippen molar-refractivity contribution in [3.63, 3.8) is 0 Å². The monoisotopic (exact) mass is 465 g/mol. The molecule has 3 heterocycles. The number of hydrogen-bond donors (Lipinski definition) is 4. The fourth-order valence-electron chi connectivity index (χ4n) is 3.38. The number of ether oxygens (including phenoxy) is 1. The van der Waals surface area contributed by atoms with Crippen molar-refractivity contribution in [1.29, 1.82) is 0 Å². The molecule has 172 valence electrons. The number of amides is 1. The summed E-state index contributed by atoms with van der Waals surface area (Å²) in [4.78, 5) is 19.1. The van der Waals surface area contributed by atoms with Crippen LogP contribution in [0, 0.1) is 0 Å². The Kier molecular flexibility index (Phi) is 7.26. The van der Waals surface area contributed by atoms with E-state index < -0.39 is 36.6 Å². The molecule has 2 unspecified atom stereocenters. The Morgan fingerprint density at radius 1 is 1.39 bits per heavy atom. The molecule has 31 heavy (non-hydrogen) atoms. The number of carbonyl (C=O) groups is 1. The number of aliphatic hydroxyl groups excluding tert-OH is 2. The SMILES string of the molecule is CSOC[C@H]1O[C@@H](n2cc(CCCNC(=O)C(F)(F)F)c3c(N)ncnc32)C(O)C1O. The van der Waals surface area contributed by atoms with Crippen LogP contribution in [-0.2, 0) is 20.1 Å². The number of carbonyl (C=O) groups excluding carboxylic acids is 1. The summed E-state index contributed by atoms with van der Waals surface area (Å²) in [7, 11) is 0. The number of anilines is 1. The lowest BCUT2D eigenvalue weighted by atomic mass is 10.1. The zero-order valence-electron chi connectivity index (χ0n) is 16.4. The zero-order valence-corrected chi connectivity index (χ0v) is 17.2. The first-order valence-electron chi connectivity index (χ1n) is 9.27. The lowest BCUT2D eigenvalue weighted by molar-refractivity contribution is -0.173. The molecule has 1 amide bonds. The number of nitrogens with zero attached hydrogens (tertiary/aromatic N) is 3. The molecule has 0 radical (unpaired) electrons. The zero-order chi connectivity index (χ0) is 22.8. The van der Waals surface area contributed by atoms with Gasteiger partial charge >= 0.3 is 12.1 Å². The first kappa shape index (κ1) is 23.5. The average molecular weight is 465 g/mol. The van der Waals surface area contributed by atoms with Gasteiger partial charge in [0.15, 0.2) is 6.23 Å². The number of alkyl halides is 3. The van der Waals surface area contributed by atoms with Crippen molar-refractivity contribution < 1.29 is 37.1 Å². The van der Waals surface area contributed by atoms with Gasteiger partial charge in [0, 0.05) is 19.0 Å². The van der Waals surface area contributed by atoms with E-state index in [4.69, 9.17) is 14.7 Å². The Bertz CT molecular complexity index is 927. The van der Waals surface area contributed by atoms with Crippen LogP contribution in [-0.4, -0.2) is 74.6 Å². The van der Waals surface area contributed by atoms with Gasteiger partial charge in [0.05, 0.1) is 12.0 Å². The maximum atomic E-state index is 12.3. The van der Waals surface area contributed by atoms with Crippen molar-refractivity contribution in [3.8, 4) is 0 Å². The van der Waals surface area contributed by atoms with Crippen molar-refractivity contribution in [2.45, 2.75) is 43.6 Å². The summed E-state index contributed by atoms with van der Waals surface area (Å²) in [5.74, 6) is -1.86. The van der Waals surface area contributed by atoms with Gasteiger partial charge in [0.25, 0.3) is 0 Å². The van der Waals surface area contributed by atoms with E-state index in [2.05, 4.69) is 9.97 Å². The van der Waals surface area contributed by atoms with Crippen molar-refractivity contribution in [3.05, 3.63) is 18.1 Å². The minimum Gasteiger partial charge on any atom is -0.387 e. The highest BCUT2D eigenvalue weighted by molar-refractivity contribution is 7.93. The van der Waals surface area contributed by atoms with Crippen LogP contribution in [0.1, 0.15) is 18.2 Å². The van der Waals surface area contributed by atoms with Gasteiger partial charge in [-0.15, -0.1) is 0 Å². The molecule has 1 aliphatic rings. The molecule has 14 heteroatoms. The lowest BCUT2D eigenvalue weighted by Gasteiger charge is -2.17.